The number of furan rings is 1. The van der Waals surface area contributed by atoms with E-state index in [4.69, 9.17) is 26.0 Å². The van der Waals surface area contributed by atoms with E-state index in [0.717, 1.165) is 54.7 Å². The number of aromatic nitrogens is 2. The molecule has 10 heteroatoms. The lowest BCUT2D eigenvalue weighted by Gasteiger charge is -2.29. The summed E-state index contributed by atoms with van der Waals surface area (Å²) in [6, 6.07) is 16.7. The molecule has 0 unspecified atom stereocenters. The van der Waals surface area contributed by atoms with Crippen LogP contribution in [0.4, 0.5) is 17.5 Å². The molecule has 0 saturated heterocycles. The Morgan fingerprint density at radius 2 is 1.87 bits per heavy atom. The average Bonchev–Trinajstić information content (AvgIpc) is 3.37. The average molecular weight is 535 g/mol. The summed E-state index contributed by atoms with van der Waals surface area (Å²) in [5, 5.41) is 19.8. The normalized spacial score (nSPS) is 17.4. The van der Waals surface area contributed by atoms with Crippen molar-refractivity contribution in [2.75, 3.05) is 30.9 Å². The molecule has 9 nitrogen and oxygen atoms in total. The van der Waals surface area contributed by atoms with Crippen LogP contribution in [0.5, 0.6) is 0 Å². The summed E-state index contributed by atoms with van der Waals surface area (Å²) in [5.74, 6) is 3.38. The molecule has 5 rings (SSSR count). The van der Waals surface area contributed by atoms with Gasteiger partial charge >= 0.3 is 0 Å². The fourth-order valence-electron chi connectivity index (χ4n) is 5.04. The maximum absolute atomic E-state index is 11.4. The fourth-order valence-corrected chi connectivity index (χ4v) is 5.21. The molecule has 1 aliphatic carbocycles. The number of nitro benzene ring substituents is 1. The van der Waals surface area contributed by atoms with E-state index in [1.54, 1.807) is 18.2 Å². The highest BCUT2D eigenvalue weighted by atomic mass is 35.5. The number of rotatable bonds is 9. The Morgan fingerprint density at radius 1 is 1.08 bits per heavy atom. The Morgan fingerprint density at radius 3 is 2.63 bits per heavy atom. The smallest absolute Gasteiger partial charge is 0.281 e. The SMILES string of the molecule is CN(C)c1nc(NC2CCC(CNCc3ccc(-c4ccc(Cl)cc4[N+](=O)[O-])o3)CC2)nc2ccccc12. The van der Waals surface area contributed by atoms with Crippen LogP contribution in [-0.4, -0.2) is 41.6 Å². The summed E-state index contributed by atoms with van der Waals surface area (Å²) >= 11 is 5.93. The van der Waals surface area contributed by atoms with Gasteiger partial charge in [0.2, 0.25) is 5.95 Å². The van der Waals surface area contributed by atoms with Crippen LogP contribution in [0.15, 0.2) is 59.0 Å². The Labute approximate surface area is 226 Å². The zero-order valence-electron chi connectivity index (χ0n) is 21.5. The Bertz CT molecular complexity index is 1430. The van der Waals surface area contributed by atoms with Crippen molar-refractivity contribution in [2.45, 2.75) is 38.3 Å². The van der Waals surface area contributed by atoms with Crippen molar-refractivity contribution in [3.8, 4) is 11.3 Å². The van der Waals surface area contributed by atoms with Gasteiger partial charge in [0.1, 0.15) is 17.3 Å². The third kappa shape index (κ3) is 5.89. The molecule has 2 heterocycles. The Balaban J connectivity index is 1.12. The summed E-state index contributed by atoms with van der Waals surface area (Å²) in [6.45, 7) is 1.46. The molecule has 2 aromatic heterocycles. The van der Waals surface area contributed by atoms with Gasteiger partial charge in [-0.2, -0.15) is 4.98 Å². The van der Waals surface area contributed by atoms with E-state index in [-0.39, 0.29) is 5.69 Å². The molecule has 0 radical (unpaired) electrons. The van der Waals surface area contributed by atoms with Gasteiger partial charge in [-0.15, -0.1) is 0 Å². The zero-order chi connectivity index (χ0) is 26.6. The first-order valence-corrected chi connectivity index (χ1v) is 13.2. The first kappa shape index (κ1) is 25.9. The van der Waals surface area contributed by atoms with Gasteiger partial charge in [-0.25, -0.2) is 4.98 Å². The van der Waals surface area contributed by atoms with Crippen molar-refractivity contribution < 1.29 is 9.34 Å². The van der Waals surface area contributed by atoms with Crippen molar-refractivity contribution >= 4 is 40.0 Å². The van der Waals surface area contributed by atoms with E-state index in [1.165, 1.54) is 6.07 Å². The quantitative estimate of drug-likeness (QED) is 0.191. The molecule has 1 aliphatic rings. The van der Waals surface area contributed by atoms with Gasteiger partial charge < -0.3 is 20.0 Å². The van der Waals surface area contributed by atoms with Crippen molar-refractivity contribution in [3.05, 3.63) is 75.5 Å². The third-order valence-corrected chi connectivity index (χ3v) is 7.24. The molecule has 2 aromatic carbocycles. The number of nitrogens with zero attached hydrogens (tertiary/aromatic N) is 4. The van der Waals surface area contributed by atoms with E-state index in [0.29, 0.717) is 40.8 Å². The highest BCUT2D eigenvalue weighted by Gasteiger charge is 2.23. The van der Waals surface area contributed by atoms with Crippen LogP contribution in [0.2, 0.25) is 5.02 Å². The van der Waals surface area contributed by atoms with Crippen molar-refractivity contribution in [1.82, 2.24) is 15.3 Å². The number of anilines is 2. The first-order valence-electron chi connectivity index (χ1n) is 12.8. The van der Waals surface area contributed by atoms with E-state index in [2.05, 4.69) is 16.7 Å². The van der Waals surface area contributed by atoms with Crippen LogP contribution in [-0.2, 0) is 6.54 Å². The standard InChI is InChI=1S/C28H31ClN6O3/c1-34(2)27-22-5-3-4-6-24(22)32-28(33-27)31-20-10-7-18(8-11-20)16-30-17-21-12-14-26(38-21)23-13-9-19(29)15-25(23)35(36)37/h3-6,9,12-15,18,20,30H,7-8,10-11,16-17H2,1-2H3,(H,31,32,33). The monoisotopic (exact) mass is 534 g/mol. The molecule has 2 N–H and O–H groups in total. The fraction of sp³-hybridized carbons (Fsp3) is 0.357. The Kier molecular flexibility index (Phi) is 7.76. The molecule has 198 valence electrons. The lowest BCUT2D eigenvalue weighted by molar-refractivity contribution is -0.384. The van der Waals surface area contributed by atoms with Crippen molar-refractivity contribution in [2.24, 2.45) is 5.92 Å². The summed E-state index contributed by atoms with van der Waals surface area (Å²) < 4.78 is 5.89. The predicted molar refractivity (Wildman–Crippen MR) is 151 cm³/mol. The lowest BCUT2D eigenvalue weighted by atomic mass is 9.86. The second-order valence-corrected chi connectivity index (χ2v) is 10.4. The van der Waals surface area contributed by atoms with Gasteiger partial charge in [-0.1, -0.05) is 23.7 Å². The highest BCUT2D eigenvalue weighted by molar-refractivity contribution is 6.30. The molecular weight excluding hydrogens is 504 g/mol. The molecular formula is C28H31ClN6O3. The molecule has 0 aliphatic heterocycles. The third-order valence-electron chi connectivity index (χ3n) is 7.00. The summed E-state index contributed by atoms with van der Waals surface area (Å²) in [4.78, 5) is 22.5. The molecule has 4 aromatic rings. The second kappa shape index (κ2) is 11.4. The van der Waals surface area contributed by atoms with Crippen molar-refractivity contribution in [1.29, 1.82) is 0 Å². The van der Waals surface area contributed by atoms with Crippen molar-refractivity contribution in [3.63, 3.8) is 0 Å². The predicted octanol–water partition coefficient (Wildman–Crippen LogP) is 6.28. The minimum Gasteiger partial charge on any atom is -0.459 e. The highest BCUT2D eigenvalue weighted by Crippen LogP contribution is 2.33. The number of nitro groups is 1. The summed E-state index contributed by atoms with van der Waals surface area (Å²) in [7, 11) is 4.00. The van der Waals surface area contributed by atoms with Crippen LogP contribution in [0.25, 0.3) is 22.2 Å². The summed E-state index contributed by atoms with van der Waals surface area (Å²) in [5.41, 5.74) is 1.30. The molecule has 38 heavy (non-hydrogen) atoms. The molecule has 0 atom stereocenters. The Hall–Kier alpha value is -3.69. The molecule has 0 bridgehead atoms. The van der Waals surface area contributed by atoms with E-state index in [9.17, 15) is 10.1 Å². The summed E-state index contributed by atoms with van der Waals surface area (Å²) in [6.07, 6.45) is 4.34. The number of para-hydroxylation sites is 1. The van der Waals surface area contributed by atoms with E-state index < -0.39 is 4.92 Å². The number of benzene rings is 2. The van der Waals surface area contributed by atoms with Crippen LogP contribution in [0.1, 0.15) is 31.4 Å². The minimum absolute atomic E-state index is 0.0660. The topological polar surface area (TPSA) is 109 Å². The molecule has 0 amide bonds. The molecule has 1 fully saturated rings. The van der Waals surface area contributed by atoms with E-state index in [1.807, 2.05) is 43.3 Å². The second-order valence-electron chi connectivity index (χ2n) is 9.96. The van der Waals surface area contributed by atoms with Gasteiger partial charge in [0.15, 0.2) is 0 Å². The van der Waals surface area contributed by atoms with Crippen LogP contribution in [0.3, 0.4) is 0 Å². The maximum Gasteiger partial charge on any atom is 0.281 e. The van der Waals surface area contributed by atoms with Crippen LogP contribution < -0.4 is 15.5 Å². The number of hydrogen-bond acceptors (Lipinski definition) is 8. The minimum atomic E-state index is -0.444. The number of fused-ring (bicyclic) bond motifs is 1. The van der Waals surface area contributed by atoms with Gasteiger partial charge in [-0.05, 0) is 74.5 Å². The number of nitrogens with one attached hydrogen (secondary N) is 2. The van der Waals surface area contributed by atoms with E-state index >= 15 is 0 Å². The van der Waals surface area contributed by atoms with Crippen LogP contribution in [0, 0.1) is 16.0 Å². The first-order chi connectivity index (χ1) is 18.4. The van der Waals surface area contributed by atoms with Gasteiger partial charge in [0.05, 0.1) is 22.5 Å². The lowest BCUT2D eigenvalue weighted by Crippen LogP contribution is -2.31. The van der Waals surface area contributed by atoms with Gasteiger partial charge in [0.25, 0.3) is 5.69 Å². The zero-order valence-corrected chi connectivity index (χ0v) is 22.2. The number of halogens is 1. The van der Waals surface area contributed by atoms with Gasteiger partial charge in [-0.3, -0.25) is 10.1 Å². The molecule has 0 spiro atoms. The largest absolute Gasteiger partial charge is 0.459 e. The maximum atomic E-state index is 11.4. The molecule has 1 saturated carbocycles. The van der Waals surface area contributed by atoms with Gasteiger partial charge in [0, 0.05) is 36.6 Å². The number of hydrogen-bond donors (Lipinski definition) is 2. The van der Waals surface area contributed by atoms with Crippen LogP contribution >= 0.6 is 11.6 Å².